The summed E-state index contributed by atoms with van der Waals surface area (Å²) in [5, 5.41) is 21.0. The number of carboxylic acids is 1. The van der Waals surface area contributed by atoms with Gasteiger partial charge in [-0.2, -0.15) is 5.10 Å². The van der Waals surface area contributed by atoms with Gasteiger partial charge in [-0.3, -0.25) is 9.89 Å². The molecule has 7 nitrogen and oxygen atoms in total. The Labute approximate surface area is 124 Å². The number of nitrogens with one attached hydrogen (secondary N) is 3. The lowest BCUT2D eigenvalue weighted by molar-refractivity contribution is -0.141. The molecule has 0 radical (unpaired) electrons. The second-order valence-corrected chi connectivity index (χ2v) is 5.19. The van der Waals surface area contributed by atoms with Crippen molar-refractivity contribution in [3.05, 3.63) is 17.5 Å². The summed E-state index contributed by atoms with van der Waals surface area (Å²) in [6.45, 7) is 4.73. The van der Waals surface area contributed by atoms with Crippen molar-refractivity contribution in [2.75, 3.05) is 13.1 Å². The number of hydrogen-bond donors (Lipinski definition) is 4. The Morgan fingerprint density at radius 1 is 1.33 bits per heavy atom. The lowest BCUT2D eigenvalue weighted by Gasteiger charge is -2.08. The van der Waals surface area contributed by atoms with Crippen molar-refractivity contribution in [1.29, 1.82) is 0 Å². The van der Waals surface area contributed by atoms with Crippen molar-refractivity contribution >= 4 is 12.0 Å². The van der Waals surface area contributed by atoms with Gasteiger partial charge in [0.25, 0.3) is 0 Å². The molecule has 21 heavy (non-hydrogen) atoms. The van der Waals surface area contributed by atoms with Gasteiger partial charge in [0.05, 0.1) is 12.1 Å². The lowest BCUT2D eigenvalue weighted by atomic mass is 10.1. The quantitative estimate of drug-likeness (QED) is 0.517. The Morgan fingerprint density at radius 3 is 2.57 bits per heavy atom. The molecule has 0 saturated carbocycles. The molecule has 0 aliphatic heterocycles. The van der Waals surface area contributed by atoms with Gasteiger partial charge in [0.15, 0.2) is 0 Å². The first-order valence-corrected chi connectivity index (χ1v) is 7.24. The van der Waals surface area contributed by atoms with E-state index in [9.17, 15) is 9.59 Å². The Morgan fingerprint density at radius 2 is 2.00 bits per heavy atom. The monoisotopic (exact) mass is 296 g/mol. The molecule has 1 heterocycles. The van der Waals surface area contributed by atoms with Crippen molar-refractivity contribution in [2.24, 2.45) is 5.92 Å². The standard InChI is InChI=1S/C14H24N4O3/c1-10(13(19)20)5-3-7-15-14(21)16-8-4-6-12-9-17-18-11(12)2/h9-10H,3-8H2,1-2H3,(H,17,18)(H,19,20)(H2,15,16,21). The van der Waals surface area contributed by atoms with E-state index in [0.29, 0.717) is 25.9 Å². The van der Waals surface area contributed by atoms with Gasteiger partial charge < -0.3 is 15.7 Å². The smallest absolute Gasteiger partial charge is 0.314 e. The SMILES string of the molecule is Cc1[nH]ncc1CCCNC(=O)NCCCC(C)C(=O)O. The summed E-state index contributed by atoms with van der Waals surface area (Å²) in [4.78, 5) is 22.1. The fourth-order valence-corrected chi connectivity index (χ4v) is 1.90. The molecule has 0 bridgehead atoms. The Hall–Kier alpha value is -2.05. The molecule has 7 heteroatoms. The fraction of sp³-hybridized carbons (Fsp3) is 0.643. The number of H-pyrrole nitrogens is 1. The minimum Gasteiger partial charge on any atom is -0.481 e. The van der Waals surface area contributed by atoms with Crippen molar-refractivity contribution in [1.82, 2.24) is 20.8 Å². The molecule has 2 amide bonds. The maximum Gasteiger partial charge on any atom is 0.314 e. The van der Waals surface area contributed by atoms with Crippen LogP contribution in [0.15, 0.2) is 6.20 Å². The number of hydrogen-bond acceptors (Lipinski definition) is 3. The second-order valence-electron chi connectivity index (χ2n) is 5.19. The van der Waals surface area contributed by atoms with Crippen LogP contribution in [0.3, 0.4) is 0 Å². The van der Waals surface area contributed by atoms with E-state index in [4.69, 9.17) is 5.11 Å². The Kier molecular flexibility index (Phi) is 7.28. The van der Waals surface area contributed by atoms with Gasteiger partial charge in [0, 0.05) is 18.8 Å². The van der Waals surface area contributed by atoms with E-state index in [1.807, 2.05) is 6.92 Å². The molecule has 0 fully saturated rings. The number of nitrogens with zero attached hydrogens (tertiary/aromatic N) is 1. The summed E-state index contributed by atoms with van der Waals surface area (Å²) in [6.07, 6.45) is 4.76. The topological polar surface area (TPSA) is 107 Å². The van der Waals surface area contributed by atoms with E-state index in [-0.39, 0.29) is 11.9 Å². The summed E-state index contributed by atoms with van der Waals surface area (Å²) in [5.41, 5.74) is 2.23. The van der Waals surface area contributed by atoms with Gasteiger partial charge in [0.2, 0.25) is 0 Å². The third-order valence-corrected chi connectivity index (χ3v) is 3.36. The molecular formula is C14H24N4O3. The number of aliphatic carboxylic acids is 1. The van der Waals surface area contributed by atoms with Crippen LogP contribution in [0.1, 0.15) is 37.4 Å². The molecule has 0 aromatic carbocycles. The van der Waals surface area contributed by atoms with Crippen molar-refractivity contribution in [3.63, 3.8) is 0 Å². The highest BCUT2D eigenvalue weighted by atomic mass is 16.4. The van der Waals surface area contributed by atoms with E-state index in [1.165, 1.54) is 5.56 Å². The second kappa shape index (κ2) is 8.99. The highest BCUT2D eigenvalue weighted by molar-refractivity contribution is 5.73. The number of aryl methyl sites for hydroxylation is 2. The van der Waals surface area contributed by atoms with Gasteiger partial charge in [-0.15, -0.1) is 0 Å². The zero-order valence-corrected chi connectivity index (χ0v) is 12.6. The average Bonchev–Trinajstić information content (AvgIpc) is 2.85. The van der Waals surface area contributed by atoms with Crippen LogP contribution < -0.4 is 10.6 Å². The molecule has 0 aliphatic carbocycles. The molecule has 0 saturated heterocycles. The third kappa shape index (κ3) is 6.78. The summed E-state index contributed by atoms with van der Waals surface area (Å²) in [6, 6.07) is -0.207. The normalized spacial score (nSPS) is 11.9. The predicted molar refractivity (Wildman–Crippen MR) is 79.1 cm³/mol. The summed E-state index contributed by atoms with van der Waals surface area (Å²) in [7, 11) is 0. The van der Waals surface area contributed by atoms with Gasteiger partial charge in [0.1, 0.15) is 0 Å². The highest BCUT2D eigenvalue weighted by Gasteiger charge is 2.10. The van der Waals surface area contributed by atoms with Crippen LogP contribution in [0.2, 0.25) is 0 Å². The molecule has 4 N–H and O–H groups in total. The molecule has 0 aliphatic rings. The average molecular weight is 296 g/mol. The third-order valence-electron chi connectivity index (χ3n) is 3.36. The number of rotatable bonds is 9. The molecule has 1 aromatic rings. The van der Waals surface area contributed by atoms with Gasteiger partial charge in [-0.05, 0) is 38.2 Å². The number of urea groups is 1. The number of amides is 2. The number of carbonyl (C=O) groups excluding carboxylic acids is 1. The molecule has 1 atom stereocenters. The summed E-state index contributed by atoms with van der Waals surface area (Å²) >= 11 is 0. The van der Waals surface area contributed by atoms with Gasteiger partial charge >= 0.3 is 12.0 Å². The first kappa shape index (κ1) is 17.0. The van der Waals surface area contributed by atoms with Gasteiger partial charge in [-0.1, -0.05) is 6.92 Å². The number of carbonyl (C=O) groups is 2. The maximum absolute atomic E-state index is 11.5. The van der Waals surface area contributed by atoms with Crippen LogP contribution in [0, 0.1) is 12.8 Å². The number of aromatic nitrogens is 2. The minimum absolute atomic E-state index is 0.207. The largest absolute Gasteiger partial charge is 0.481 e. The van der Waals surface area contributed by atoms with E-state index >= 15 is 0 Å². The zero-order valence-electron chi connectivity index (χ0n) is 12.6. The first-order valence-electron chi connectivity index (χ1n) is 7.24. The molecule has 1 rings (SSSR count). The van der Waals surface area contributed by atoms with Crippen molar-refractivity contribution < 1.29 is 14.7 Å². The van der Waals surface area contributed by atoms with Crippen LogP contribution >= 0.6 is 0 Å². The van der Waals surface area contributed by atoms with Crippen LogP contribution in [0.4, 0.5) is 4.79 Å². The summed E-state index contributed by atoms with van der Waals surface area (Å²) in [5.74, 6) is -1.16. The Balaban J connectivity index is 2.01. The first-order chi connectivity index (χ1) is 10.0. The zero-order chi connectivity index (χ0) is 15.7. The van der Waals surface area contributed by atoms with E-state index in [1.54, 1.807) is 13.1 Å². The maximum atomic E-state index is 11.5. The molecule has 1 aromatic heterocycles. The predicted octanol–water partition coefficient (Wildman–Crippen LogP) is 1.45. The van der Waals surface area contributed by atoms with Gasteiger partial charge in [-0.25, -0.2) is 4.79 Å². The summed E-state index contributed by atoms with van der Waals surface area (Å²) < 4.78 is 0. The molecule has 1 unspecified atom stereocenters. The van der Waals surface area contributed by atoms with Crippen LogP contribution in [0.5, 0.6) is 0 Å². The van der Waals surface area contributed by atoms with E-state index < -0.39 is 5.97 Å². The van der Waals surface area contributed by atoms with E-state index in [0.717, 1.165) is 18.5 Å². The number of carboxylic acid groups (broad SMARTS) is 1. The van der Waals surface area contributed by atoms with Crippen LogP contribution in [0.25, 0.3) is 0 Å². The van der Waals surface area contributed by atoms with Crippen LogP contribution in [-0.2, 0) is 11.2 Å². The molecule has 0 spiro atoms. The molecule has 118 valence electrons. The molecular weight excluding hydrogens is 272 g/mol. The minimum atomic E-state index is -0.797. The number of aromatic amines is 1. The van der Waals surface area contributed by atoms with E-state index in [2.05, 4.69) is 20.8 Å². The lowest BCUT2D eigenvalue weighted by Crippen LogP contribution is -2.36. The van der Waals surface area contributed by atoms with Crippen molar-refractivity contribution in [3.8, 4) is 0 Å². The van der Waals surface area contributed by atoms with Crippen molar-refractivity contribution in [2.45, 2.75) is 39.5 Å². The fourth-order valence-electron chi connectivity index (χ4n) is 1.90. The van der Waals surface area contributed by atoms with Crippen LogP contribution in [-0.4, -0.2) is 40.4 Å². The Bertz CT molecular complexity index is 459. The highest BCUT2D eigenvalue weighted by Crippen LogP contribution is 2.05.